The number of carbonyl (C=O) groups is 1. The molecular formula is C14H18BrNO2. The van der Waals surface area contributed by atoms with Gasteiger partial charge in [0.05, 0.1) is 7.11 Å². The Hall–Kier alpha value is -1.03. The number of benzene rings is 1. The average Bonchev–Trinajstić information content (AvgIpc) is 3.17. The Morgan fingerprint density at radius 1 is 1.50 bits per heavy atom. The summed E-state index contributed by atoms with van der Waals surface area (Å²) in [5, 5.41) is 3.95. The summed E-state index contributed by atoms with van der Waals surface area (Å²) in [6.45, 7) is 2.71. The molecule has 0 heterocycles. The van der Waals surface area contributed by atoms with Gasteiger partial charge in [0.25, 0.3) is 5.91 Å². The lowest BCUT2D eigenvalue weighted by Gasteiger charge is -2.13. The number of ether oxygens (including phenoxy) is 1. The molecule has 0 aromatic heterocycles. The third-order valence-electron chi connectivity index (χ3n) is 3.53. The van der Waals surface area contributed by atoms with Crippen LogP contribution in [0.2, 0.25) is 0 Å². The lowest BCUT2D eigenvalue weighted by molar-refractivity contribution is 0.0946. The Bertz CT molecular complexity index is 455. The minimum atomic E-state index is -0.0273. The summed E-state index contributed by atoms with van der Waals surface area (Å²) < 4.78 is 5.23. The van der Waals surface area contributed by atoms with Crippen molar-refractivity contribution >= 4 is 21.8 Å². The van der Waals surface area contributed by atoms with Gasteiger partial charge in [-0.3, -0.25) is 4.79 Å². The first-order chi connectivity index (χ1) is 8.60. The molecule has 0 atom stereocenters. The van der Waals surface area contributed by atoms with Crippen molar-refractivity contribution in [2.45, 2.75) is 19.8 Å². The standard InChI is InChI=1S/C14H18BrNO2/c1-10-3-4-11(7-12(10)18-2)13(17)16-9-14(8-15)5-6-14/h3-4,7H,5-6,8-9H2,1-2H3,(H,16,17). The number of halogens is 1. The minimum Gasteiger partial charge on any atom is -0.496 e. The molecule has 0 bridgehead atoms. The number of nitrogens with one attached hydrogen (secondary N) is 1. The van der Waals surface area contributed by atoms with Gasteiger partial charge in [-0.1, -0.05) is 22.0 Å². The van der Waals surface area contributed by atoms with Crippen LogP contribution in [0.5, 0.6) is 5.75 Å². The number of alkyl halides is 1. The van der Waals surface area contributed by atoms with E-state index in [0.717, 1.165) is 23.2 Å². The molecule has 1 aromatic carbocycles. The quantitative estimate of drug-likeness (QED) is 0.849. The molecule has 0 saturated heterocycles. The van der Waals surface area contributed by atoms with Crippen LogP contribution in [-0.2, 0) is 0 Å². The maximum atomic E-state index is 12.0. The van der Waals surface area contributed by atoms with E-state index in [1.807, 2.05) is 19.1 Å². The van der Waals surface area contributed by atoms with Crippen molar-refractivity contribution in [2.75, 3.05) is 19.0 Å². The van der Waals surface area contributed by atoms with Crippen LogP contribution in [0.3, 0.4) is 0 Å². The summed E-state index contributed by atoms with van der Waals surface area (Å²) in [5.41, 5.74) is 1.99. The maximum absolute atomic E-state index is 12.0. The molecule has 1 amide bonds. The highest BCUT2D eigenvalue weighted by Crippen LogP contribution is 2.46. The van der Waals surface area contributed by atoms with Crippen LogP contribution in [0, 0.1) is 12.3 Å². The summed E-state index contributed by atoms with van der Waals surface area (Å²) in [6, 6.07) is 5.53. The zero-order chi connectivity index (χ0) is 13.2. The summed E-state index contributed by atoms with van der Waals surface area (Å²) in [5.74, 6) is 0.727. The first kappa shape index (κ1) is 13.4. The normalized spacial score (nSPS) is 16.2. The van der Waals surface area contributed by atoms with Crippen molar-refractivity contribution < 1.29 is 9.53 Å². The molecule has 0 aliphatic heterocycles. The molecule has 4 heteroatoms. The zero-order valence-electron chi connectivity index (χ0n) is 10.8. The fourth-order valence-corrected chi connectivity index (χ4v) is 2.62. The van der Waals surface area contributed by atoms with E-state index in [4.69, 9.17) is 4.74 Å². The highest BCUT2D eigenvalue weighted by atomic mass is 79.9. The van der Waals surface area contributed by atoms with E-state index in [1.54, 1.807) is 13.2 Å². The zero-order valence-corrected chi connectivity index (χ0v) is 12.3. The van der Waals surface area contributed by atoms with Gasteiger partial charge in [0.2, 0.25) is 0 Å². The van der Waals surface area contributed by atoms with Crippen molar-refractivity contribution in [3.63, 3.8) is 0 Å². The number of aryl methyl sites for hydroxylation is 1. The molecule has 0 spiro atoms. The average molecular weight is 312 g/mol. The predicted molar refractivity (Wildman–Crippen MR) is 75.5 cm³/mol. The molecule has 1 fully saturated rings. The van der Waals surface area contributed by atoms with Crippen LogP contribution in [0.4, 0.5) is 0 Å². The second kappa shape index (κ2) is 5.31. The van der Waals surface area contributed by atoms with Crippen LogP contribution in [0.1, 0.15) is 28.8 Å². The summed E-state index contributed by atoms with van der Waals surface area (Å²) in [6.07, 6.45) is 2.38. The predicted octanol–water partition coefficient (Wildman–Crippen LogP) is 2.91. The molecule has 1 aromatic rings. The van der Waals surface area contributed by atoms with Crippen molar-refractivity contribution in [2.24, 2.45) is 5.41 Å². The third-order valence-corrected chi connectivity index (χ3v) is 4.72. The molecule has 0 unspecified atom stereocenters. The van der Waals surface area contributed by atoms with E-state index in [9.17, 15) is 4.79 Å². The first-order valence-corrected chi connectivity index (χ1v) is 7.21. The second-order valence-corrected chi connectivity index (χ2v) is 5.56. The van der Waals surface area contributed by atoms with Crippen molar-refractivity contribution in [3.8, 4) is 5.75 Å². The van der Waals surface area contributed by atoms with Gasteiger partial charge in [0.1, 0.15) is 5.75 Å². The molecule has 1 aliphatic carbocycles. The number of hydrogen-bond acceptors (Lipinski definition) is 2. The second-order valence-electron chi connectivity index (χ2n) is 5.00. The van der Waals surface area contributed by atoms with E-state index in [-0.39, 0.29) is 5.91 Å². The van der Waals surface area contributed by atoms with Gasteiger partial charge in [-0.15, -0.1) is 0 Å². The number of amides is 1. The fourth-order valence-electron chi connectivity index (χ4n) is 1.87. The Kier molecular flexibility index (Phi) is 3.95. The molecule has 2 rings (SSSR count). The first-order valence-electron chi connectivity index (χ1n) is 6.09. The number of hydrogen-bond donors (Lipinski definition) is 1. The van der Waals surface area contributed by atoms with Crippen molar-refractivity contribution in [1.82, 2.24) is 5.32 Å². The molecule has 1 N–H and O–H groups in total. The molecule has 3 nitrogen and oxygen atoms in total. The lowest BCUT2D eigenvalue weighted by Crippen LogP contribution is -2.30. The highest BCUT2D eigenvalue weighted by molar-refractivity contribution is 9.09. The van der Waals surface area contributed by atoms with Gasteiger partial charge in [0, 0.05) is 17.4 Å². The Morgan fingerprint density at radius 2 is 2.22 bits per heavy atom. The van der Waals surface area contributed by atoms with Gasteiger partial charge in [0.15, 0.2) is 0 Å². The van der Waals surface area contributed by atoms with Gasteiger partial charge in [-0.25, -0.2) is 0 Å². The van der Waals surface area contributed by atoms with Crippen LogP contribution in [-0.4, -0.2) is 24.9 Å². The number of rotatable bonds is 5. The molecular weight excluding hydrogens is 294 g/mol. The van der Waals surface area contributed by atoms with E-state index in [0.29, 0.717) is 11.0 Å². The molecule has 98 valence electrons. The van der Waals surface area contributed by atoms with Crippen LogP contribution < -0.4 is 10.1 Å². The summed E-state index contributed by atoms with van der Waals surface area (Å²) in [7, 11) is 1.62. The highest BCUT2D eigenvalue weighted by Gasteiger charge is 2.41. The van der Waals surface area contributed by atoms with Crippen molar-refractivity contribution in [3.05, 3.63) is 29.3 Å². The molecule has 1 saturated carbocycles. The van der Waals surface area contributed by atoms with Crippen molar-refractivity contribution in [1.29, 1.82) is 0 Å². The monoisotopic (exact) mass is 311 g/mol. The van der Waals surface area contributed by atoms with E-state index < -0.39 is 0 Å². The Labute approximate surface area is 116 Å². The molecule has 1 aliphatic rings. The van der Waals surface area contributed by atoms with E-state index in [2.05, 4.69) is 21.2 Å². The van der Waals surface area contributed by atoms with E-state index >= 15 is 0 Å². The lowest BCUT2D eigenvalue weighted by atomic mass is 10.1. The summed E-state index contributed by atoms with van der Waals surface area (Å²) in [4.78, 5) is 12.0. The molecule has 0 radical (unpaired) electrons. The maximum Gasteiger partial charge on any atom is 0.251 e. The minimum absolute atomic E-state index is 0.0273. The fraction of sp³-hybridized carbons (Fsp3) is 0.500. The van der Waals surface area contributed by atoms with E-state index in [1.165, 1.54) is 12.8 Å². The van der Waals surface area contributed by atoms with Gasteiger partial charge in [-0.2, -0.15) is 0 Å². The van der Waals surface area contributed by atoms with Gasteiger partial charge < -0.3 is 10.1 Å². The van der Waals surface area contributed by atoms with Crippen LogP contribution >= 0.6 is 15.9 Å². The Balaban J connectivity index is 2.00. The SMILES string of the molecule is COc1cc(C(=O)NCC2(CBr)CC2)ccc1C. The smallest absolute Gasteiger partial charge is 0.251 e. The topological polar surface area (TPSA) is 38.3 Å². The van der Waals surface area contributed by atoms with Gasteiger partial charge >= 0.3 is 0 Å². The summed E-state index contributed by atoms with van der Waals surface area (Å²) >= 11 is 3.50. The number of carbonyl (C=O) groups excluding carboxylic acids is 1. The van der Waals surface area contributed by atoms with Crippen LogP contribution in [0.15, 0.2) is 18.2 Å². The van der Waals surface area contributed by atoms with Gasteiger partial charge in [-0.05, 0) is 42.9 Å². The van der Waals surface area contributed by atoms with Crippen LogP contribution in [0.25, 0.3) is 0 Å². The molecule has 18 heavy (non-hydrogen) atoms. The largest absolute Gasteiger partial charge is 0.496 e. The number of methoxy groups -OCH3 is 1. The Morgan fingerprint density at radius 3 is 2.78 bits per heavy atom. The third kappa shape index (κ3) is 2.86.